The van der Waals surface area contributed by atoms with E-state index < -0.39 is 0 Å². The fraction of sp³-hybridized carbons (Fsp3) is 0.286. The van der Waals surface area contributed by atoms with E-state index in [9.17, 15) is 4.79 Å². The Kier molecular flexibility index (Phi) is 3.93. The van der Waals surface area contributed by atoms with Crippen molar-refractivity contribution in [2.24, 2.45) is 7.05 Å². The SMILES string of the molecule is CNC(=O)c1ccc(N)c(N(C)Cc2nccn2C)c1. The molecule has 0 saturated carbocycles. The van der Waals surface area contributed by atoms with Gasteiger partial charge in [0.25, 0.3) is 5.91 Å². The predicted molar refractivity (Wildman–Crippen MR) is 79.6 cm³/mol. The molecule has 106 valence electrons. The molecule has 0 saturated heterocycles. The molecule has 0 aliphatic rings. The van der Waals surface area contributed by atoms with Crippen LogP contribution in [0.15, 0.2) is 30.6 Å². The van der Waals surface area contributed by atoms with Gasteiger partial charge in [0, 0.05) is 39.1 Å². The molecule has 1 aromatic carbocycles. The van der Waals surface area contributed by atoms with Crippen molar-refractivity contribution in [2.75, 3.05) is 24.7 Å². The van der Waals surface area contributed by atoms with Gasteiger partial charge in [-0.1, -0.05) is 0 Å². The molecule has 0 unspecified atom stereocenters. The molecule has 3 N–H and O–H groups in total. The predicted octanol–water partition coefficient (Wildman–Crippen LogP) is 0.998. The van der Waals surface area contributed by atoms with Gasteiger partial charge in [-0.3, -0.25) is 4.79 Å². The van der Waals surface area contributed by atoms with Crippen LogP contribution in [0.25, 0.3) is 0 Å². The van der Waals surface area contributed by atoms with Gasteiger partial charge < -0.3 is 20.5 Å². The van der Waals surface area contributed by atoms with E-state index in [1.807, 2.05) is 29.8 Å². The number of aryl methyl sites for hydroxylation is 1. The Bertz CT molecular complexity index is 620. The molecule has 1 heterocycles. The molecule has 2 aromatic rings. The van der Waals surface area contributed by atoms with Crippen LogP contribution in [0.5, 0.6) is 0 Å². The van der Waals surface area contributed by atoms with Crippen LogP contribution in [0.4, 0.5) is 11.4 Å². The summed E-state index contributed by atoms with van der Waals surface area (Å²) in [6.45, 7) is 0.616. The number of aromatic nitrogens is 2. The van der Waals surface area contributed by atoms with Crippen LogP contribution < -0.4 is 16.0 Å². The minimum atomic E-state index is -0.128. The van der Waals surface area contributed by atoms with Crippen LogP contribution in [-0.4, -0.2) is 29.6 Å². The number of imidazole rings is 1. The molecule has 0 aliphatic carbocycles. The van der Waals surface area contributed by atoms with Crippen molar-refractivity contribution in [1.82, 2.24) is 14.9 Å². The number of hydrogen-bond donors (Lipinski definition) is 2. The highest BCUT2D eigenvalue weighted by atomic mass is 16.1. The largest absolute Gasteiger partial charge is 0.397 e. The van der Waals surface area contributed by atoms with Gasteiger partial charge in [-0.15, -0.1) is 0 Å². The normalized spacial score (nSPS) is 10.3. The van der Waals surface area contributed by atoms with Crippen molar-refractivity contribution < 1.29 is 4.79 Å². The molecule has 1 amide bonds. The third-order valence-electron chi connectivity index (χ3n) is 3.23. The highest BCUT2D eigenvalue weighted by Gasteiger charge is 2.12. The number of nitrogens with two attached hydrogens (primary N) is 1. The van der Waals surface area contributed by atoms with Gasteiger partial charge in [-0.25, -0.2) is 4.98 Å². The second-order valence-electron chi connectivity index (χ2n) is 4.66. The highest BCUT2D eigenvalue weighted by molar-refractivity contribution is 5.96. The molecule has 6 nitrogen and oxygen atoms in total. The zero-order valence-corrected chi connectivity index (χ0v) is 11.9. The summed E-state index contributed by atoms with van der Waals surface area (Å²) in [7, 11) is 5.48. The molecule has 6 heteroatoms. The van der Waals surface area contributed by atoms with Crippen LogP contribution in [0.1, 0.15) is 16.2 Å². The number of hydrogen-bond acceptors (Lipinski definition) is 4. The van der Waals surface area contributed by atoms with E-state index in [4.69, 9.17) is 5.73 Å². The van der Waals surface area contributed by atoms with Gasteiger partial charge in [0.15, 0.2) is 0 Å². The number of nitrogens with zero attached hydrogens (tertiary/aromatic N) is 3. The highest BCUT2D eigenvalue weighted by Crippen LogP contribution is 2.24. The van der Waals surface area contributed by atoms with Crippen LogP contribution in [0.2, 0.25) is 0 Å². The molecule has 0 aliphatic heterocycles. The Morgan fingerprint density at radius 2 is 2.25 bits per heavy atom. The first kappa shape index (κ1) is 13.9. The molecule has 0 bridgehead atoms. The quantitative estimate of drug-likeness (QED) is 0.815. The number of rotatable bonds is 4. The molecule has 0 radical (unpaired) electrons. The van der Waals surface area contributed by atoms with Crippen molar-refractivity contribution in [1.29, 1.82) is 0 Å². The first-order chi connectivity index (χ1) is 9.52. The summed E-state index contributed by atoms with van der Waals surface area (Å²) in [6.07, 6.45) is 3.65. The van der Waals surface area contributed by atoms with Crippen molar-refractivity contribution >= 4 is 17.3 Å². The Labute approximate surface area is 118 Å². The van der Waals surface area contributed by atoms with Crippen LogP contribution in [0, 0.1) is 0 Å². The number of anilines is 2. The van der Waals surface area contributed by atoms with E-state index >= 15 is 0 Å². The lowest BCUT2D eigenvalue weighted by atomic mass is 10.1. The summed E-state index contributed by atoms with van der Waals surface area (Å²) in [6, 6.07) is 5.25. The number of carbonyl (C=O) groups excluding carboxylic acids is 1. The lowest BCUT2D eigenvalue weighted by molar-refractivity contribution is 0.0963. The van der Waals surface area contributed by atoms with Crippen molar-refractivity contribution in [2.45, 2.75) is 6.54 Å². The number of nitrogens with one attached hydrogen (secondary N) is 1. The lowest BCUT2D eigenvalue weighted by Gasteiger charge is -2.21. The van der Waals surface area contributed by atoms with Gasteiger partial charge >= 0.3 is 0 Å². The van der Waals surface area contributed by atoms with E-state index in [0.717, 1.165) is 11.5 Å². The van der Waals surface area contributed by atoms with Gasteiger partial charge in [0.2, 0.25) is 0 Å². The maximum atomic E-state index is 11.7. The Hall–Kier alpha value is -2.50. The zero-order valence-electron chi connectivity index (χ0n) is 11.9. The topological polar surface area (TPSA) is 76.2 Å². The Morgan fingerprint density at radius 1 is 1.50 bits per heavy atom. The van der Waals surface area contributed by atoms with Crippen molar-refractivity contribution in [3.63, 3.8) is 0 Å². The monoisotopic (exact) mass is 273 g/mol. The third-order valence-corrected chi connectivity index (χ3v) is 3.23. The van der Waals surface area contributed by atoms with Crippen molar-refractivity contribution in [3.05, 3.63) is 42.0 Å². The number of benzene rings is 1. The molecule has 1 aromatic heterocycles. The summed E-state index contributed by atoms with van der Waals surface area (Å²) in [5.74, 6) is 0.800. The van der Waals surface area contributed by atoms with E-state index in [1.165, 1.54) is 0 Å². The van der Waals surface area contributed by atoms with E-state index in [0.29, 0.717) is 17.8 Å². The Morgan fingerprint density at radius 3 is 2.85 bits per heavy atom. The summed E-state index contributed by atoms with van der Waals surface area (Å²) >= 11 is 0. The maximum Gasteiger partial charge on any atom is 0.251 e. The fourth-order valence-electron chi connectivity index (χ4n) is 2.01. The second kappa shape index (κ2) is 5.64. The molecule has 0 fully saturated rings. The summed E-state index contributed by atoms with van der Waals surface area (Å²) in [4.78, 5) is 17.9. The lowest BCUT2D eigenvalue weighted by Crippen LogP contribution is -2.22. The maximum absolute atomic E-state index is 11.7. The van der Waals surface area contributed by atoms with E-state index in [2.05, 4.69) is 10.3 Å². The van der Waals surface area contributed by atoms with Gasteiger partial charge in [0.1, 0.15) is 5.82 Å². The van der Waals surface area contributed by atoms with Crippen LogP contribution in [0.3, 0.4) is 0 Å². The molecule has 2 rings (SSSR count). The minimum Gasteiger partial charge on any atom is -0.397 e. The summed E-state index contributed by atoms with van der Waals surface area (Å²) < 4.78 is 1.95. The Balaban J connectivity index is 2.27. The summed E-state index contributed by atoms with van der Waals surface area (Å²) in [5.41, 5.74) is 8.03. The first-order valence-corrected chi connectivity index (χ1v) is 6.32. The first-order valence-electron chi connectivity index (χ1n) is 6.32. The fourth-order valence-corrected chi connectivity index (χ4v) is 2.01. The number of nitrogen functional groups attached to an aromatic ring is 1. The average molecular weight is 273 g/mol. The molecular weight excluding hydrogens is 254 g/mol. The molecule has 20 heavy (non-hydrogen) atoms. The third kappa shape index (κ3) is 2.74. The smallest absolute Gasteiger partial charge is 0.251 e. The average Bonchev–Trinajstić information content (AvgIpc) is 2.83. The molecular formula is C14H19N5O. The summed E-state index contributed by atoms with van der Waals surface area (Å²) in [5, 5.41) is 2.61. The number of carbonyl (C=O) groups is 1. The van der Waals surface area contributed by atoms with E-state index in [-0.39, 0.29) is 5.91 Å². The van der Waals surface area contributed by atoms with Crippen LogP contribution in [-0.2, 0) is 13.6 Å². The van der Waals surface area contributed by atoms with Gasteiger partial charge in [0.05, 0.1) is 17.9 Å². The molecule has 0 spiro atoms. The van der Waals surface area contributed by atoms with E-state index in [1.54, 1.807) is 31.4 Å². The minimum absolute atomic E-state index is 0.128. The zero-order chi connectivity index (χ0) is 14.7. The van der Waals surface area contributed by atoms with Gasteiger partial charge in [-0.05, 0) is 18.2 Å². The molecule has 0 atom stereocenters. The second-order valence-corrected chi connectivity index (χ2v) is 4.66. The standard InChI is InChI=1S/C14H19N5O/c1-16-14(20)10-4-5-11(15)12(8-10)19(3)9-13-17-6-7-18(13)2/h4-8H,9,15H2,1-3H3,(H,16,20). The van der Waals surface area contributed by atoms with Crippen LogP contribution >= 0.6 is 0 Å². The van der Waals surface area contributed by atoms with Gasteiger partial charge in [-0.2, -0.15) is 0 Å². The van der Waals surface area contributed by atoms with Crippen molar-refractivity contribution in [3.8, 4) is 0 Å². The number of amides is 1.